The Hall–Kier alpha value is -1.10. The summed E-state index contributed by atoms with van der Waals surface area (Å²) in [6.07, 6.45) is 2.51. The maximum Gasteiger partial charge on any atom is 0.309 e. The second-order valence-corrected chi connectivity index (χ2v) is 5.03. The zero-order valence-corrected chi connectivity index (χ0v) is 12.3. The Bertz CT molecular complexity index is 299. The third-order valence-corrected chi connectivity index (χ3v) is 3.63. The lowest BCUT2D eigenvalue weighted by molar-refractivity contribution is -0.149. The standard InChI is InChI=1S/C14H26N2O3/c1-4-8-15-13(17)11(3)16-9-6-12(7-10-16)14(18)19-5-2/h11-12H,4-10H2,1-3H3,(H,15,17). The van der Waals surface area contributed by atoms with Crippen molar-refractivity contribution in [2.45, 2.75) is 46.1 Å². The molecule has 1 saturated heterocycles. The van der Waals surface area contributed by atoms with Gasteiger partial charge in [0.2, 0.25) is 5.91 Å². The molecule has 1 amide bonds. The summed E-state index contributed by atoms with van der Waals surface area (Å²) in [6.45, 7) is 8.52. The highest BCUT2D eigenvalue weighted by atomic mass is 16.5. The average Bonchev–Trinajstić information content (AvgIpc) is 2.44. The first-order valence-electron chi connectivity index (χ1n) is 7.28. The SMILES string of the molecule is CCCNC(=O)C(C)N1CCC(C(=O)OCC)CC1. The maximum absolute atomic E-state index is 11.9. The molecule has 1 aliphatic heterocycles. The molecule has 0 aromatic heterocycles. The van der Waals surface area contributed by atoms with E-state index < -0.39 is 0 Å². The van der Waals surface area contributed by atoms with Gasteiger partial charge in [0.15, 0.2) is 0 Å². The number of nitrogens with one attached hydrogen (secondary N) is 1. The van der Waals surface area contributed by atoms with E-state index in [4.69, 9.17) is 4.74 Å². The predicted octanol–water partition coefficient (Wildman–Crippen LogP) is 1.18. The van der Waals surface area contributed by atoms with Crippen LogP contribution in [0.4, 0.5) is 0 Å². The van der Waals surface area contributed by atoms with Gasteiger partial charge < -0.3 is 10.1 Å². The predicted molar refractivity (Wildman–Crippen MR) is 73.7 cm³/mol. The molecule has 5 nitrogen and oxygen atoms in total. The fourth-order valence-corrected chi connectivity index (χ4v) is 2.34. The van der Waals surface area contributed by atoms with Gasteiger partial charge in [-0.2, -0.15) is 0 Å². The second-order valence-electron chi connectivity index (χ2n) is 5.03. The number of hydrogen-bond donors (Lipinski definition) is 1. The molecule has 0 bridgehead atoms. The maximum atomic E-state index is 11.9. The van der Waals surface area contributed by atoms with Crippen LogP contribution in [0.15, 0.2) is 0 Å². The third-order valence-electron chi connectivity index (χ3n) is 3.63. The third kappa shape index (κ3) is 4.82. The van der Waals surface area contributed by atoms with E-state index in [-0.39, 0.29) is 23.8 Å². The van der Waals surface area contributed by atoms with Gasteiger partial charge in [-0.05, 0) is 46.2 Å². The molecular formula is C14H26N2O3. The summed E-state index contributed by atoms with van der Waals surface area (Å²) in [6, 6.07) is -0.116. The van der Waals surface area contributed by atoms with E-state index in [1.54, 1.807) is 0 Å². The molecule has 1 rings (SSSR count). The van der Waals surface area contributed by atoms with E-state index in [1.807, 2.05) is 20.8 Å². The number of carbonyl (C=O) groups is 2. The van der Waals surface area contributed by atoms with Crippen LogP contribution in [-0.4, -0.2) is 49.1 Å². The van der Waals surface area contributed by atoms with Gasteiger partial charge in [-0.25, -0.2) is 0 Å². The minimum Gasteiger partial charge on any atom is -0.466 e. The van der Waals surface area contributed by atoms with Gasteiger partial charge in [-0.15, -0.1) is 0 Å². The Kier molecular flexibility index (Phi) is 6.84. The van der Waals surface area contributed by atoms with Gasteiger partial charge >= 0.3 is 5.97 Å². The molecule has 0 aromatic rings. The van der Waals surface area contributed by atoms with Crippen molar-refractivity contribution < 1.29 is 14.3 Å². The number of piperidine rings is 1. The summed E-state index contributed by atoms with van der Waals surface area (Å²) in [7, 11) is 0. The molecular weight excluding hydrogens is 244 g/mol. The van der Waals surface area contributed by atoms with Crippen molar-refractivity contribution in [1.82, 2.24) is 10.2 Å². The average molecular weight is 270 g/mol. The van der Waals surface area contributed by atoms with Crippen molar-refractivity contribution in [3.8, 4) is 0 Å². The van der Waals surface area contributed by atoms with E-state index in [0.29, 0.717) is 6.61 Å². The first-order chi connectivity index (χ1) is 9.10. The first-order valence-corrected chi connectivity index (χ1v) is 7.28. The summed E-state index contributed by atoms with van der Waals surface area (Å²) < 4.78 is 5.04. The number of likely N-dealkylation sites (tertiary alicyclic amines) is 1. The molecule has 0 spiro atoms. The number of hydrogen-bond acceptors (Lipinski definition) is 4. The van der Waals surface area contributed by atoms with E-state index in [9.17, 15) is 9.59 Å². The minimum absolute atomic E-state index is 0.00195. The lowest BCUT2D eigenvalue weighted by Crippen LogP contribution is -2.49. The number of amides is 1. The molecule has 0 aliphatic carbocycles. The highest BCUT2D eigenvalue weighted by Gasteiger charge is 2.30. The smallest absolute Gasteiger partial charge is 0.309 e. The van der Waals surface area contributed by atoms with Crippen LogP contribution in [0.25, 0.3) is 0 Å². The minimum atomic E-state index is -0.116. The van der Waals surface area contributed by atoms with E-state index in [1.165, 1.54) is 0 Å². The molecule has 1 aliphatic rings. The van der Waals surface area contributed by atoms with Crippen LogP contribution in [0.1, 0.15) is 40.0 Å². The van der Waals surface area contributed by atoms with Crippen LogP contribution in [0.5, 0.6) is 0 Å². The van der Waals surface area contributed by atoms with E-state index in [0.717, 1.165) is 38.9 Å². The number of ether oxygens (including phenoxy) is 1. The Labute approximate surface area is 115 Å². The lowest BCUT2D eigenvalue weighted by atomic mass is 9.96. The van der Waals surface area contributed by atoms with Crippen LogP contribution in [0.3, 0.4) is 0 Å². The number of rotatable bonds is 6. The molecule has 1 N–H and O–H groups in total. The van der Waals surface area contributed by atoms with Crippen molar-refractivity contribution in [2.75, 3.05) is 26.2 Å². The van der Waals surface area contributed by atoms with Gasteiger partial charge in [-0.1, -0.05) is 6.92 Å². The summed E-state index contributed by atoms with van der Waals surface area (Å²) in [4.78, 5) is 25.6. The van der Waals surface area contributed by atoms with Crippen molar-refractivity contribution >= 4 is 11.9 Å². The highest BCUT2D eigenvalue weighted by Crippen LogP contribution is 2.20. The molecule has 1 heterocycles. The molecule has 0 aromatic carbocycles. The first kappa shape index (κ1) is 16.0. The number of nitrogens with zero attached hydrogens (tertiary/aromatic N) is 1. The summed E-state index contributed by atoms with van der Waals surface area (Å²) in [5.74, 6) is -0.0104. The Morgan fingerprint density at radius 2 is 1.95 bits per heavy atom. The van der Waals surface area contributed by atoms with Gasteiger partial charge in [0.1, 0.15) is 0 Å². The van der Waals surface area contributed by atoms with Crippen LogP contribution in [0.2, 0.25) is 0 Å². The molecule has 110 valence electrons. The zero-order valence-electron chi connectivity index (χ0n) is 12.3. The number of esters is 1. The van der Waals surface area contributed by atoms with Gasteiger partial charge in [0, 0.05) is 6.54 Å². The van der Waals surface area contributed by atoms with E-state index >= 15 is 0 Å². The quantitative estimate of drug-likeness (QED) is 0.736. The van der Waals surface area contributed by atoms with Crippen LogP contribution < -0.4 is 5.32 Å². The number of carbonyl (C=O) groups excluding carboxylic acids is 2. The largest absolute Gasteiger partial charge is 0.466 e. The second kappa shape index (κ2) is 8.15. The van der Waals surface area contributed by atoms with Crippen molar-refractivity contribution in [1.29, 1.82) is 0 Å². The highest BCUT2D eigenvalue weighted by molar-refractivity contribution is 5.81. The van der Waals surface area contributed by atoms with Crippen molar-refractivity contribution in [3.05, 3.63) is 0 Å². The molecule has 1 fully saturated rings. The zero-order chi connectivity index (χ0) is 14.3. The Morgan fingerprint density at radius 3 is 2.47 bits per heavy atom. The molecule has 0 saturated carbocycles. The normalized spacial score (nSPS) is 18.9. The lowest BCUT2D eigenvalue weighted by Gasteiger charge is -2.34. The van der Waals surface area contributed by atoms with Crippen molar-refractivity contribution in [3.63, 3.8) is 0 Å². The molecule has 1 atom stereocenters. The fourth-order valence-electron chi connectivity index (χ4n) is 2.34. The van der Waals surface area contributed by atoms with E-state index in [2.05, 4.69) is 10.2 Å². The molecule has 0 radical (unpaired) electrons. The molecule has 1 unspecified atom stereocenters. The van der Waals surface area contributed by atoms with Gasteiger partial charge in [-0.3, -0.25) is 14.5 Å². The Morgan fingerprint density at radius 1 is 1.32 bits per heavy atom. The summed E-state index contributed by atoms with van der Waals surface area (Å²) in [5.41, 5.74) is 0. The van der Waals surface area contributed by atoms with Crippen LogP contribution >= 0.6 is 0 Å². The summed E-state index contributed by atoms with van der Waals surface area (Å²) in [5, 5.41) is 2.91. The fraction of sp³-hybridized carbons (Fsp3) is 0.857. The monoisotopic (exact) mass is 270 g/mol. The van der Waals surface area contributed by atoms with Crippen LogP contribution in [0, 0.1) is 5.92 Å². The van der Waals surface area contributed by atoms with Crippen LogP contribution in [-0.2, 0) is 14.3 Å². The molecule has 5 heteroatoms. The van der Waals surface area contributed by atoms with Gasteiger partial charge in [0.05, 0.1) is 18.6 Å². The topological polar surface area (TPSA) is 58.6 Å². The summed E-state index contributed by atoms with van der Waals surface area (Å²) >= 11 is 0. The van der Waals surface area contributed by atoms with Gasteiger partial charge in [0.25, 0.3) is 0 Å². The molecule has 19 heavy (non-hydrogen) atoms. The Balaban J connectivity index is 2.36. The van der Waals surface area contributed by atoms with Crippen molar-refractivity contribution in [2.24, 2.45) is 5.92 Å².